The maximum absolute atomic E-state index is 6.41. The summed E-state index contributed by atoms with van der Waals surface area (Å²) in [5, 5.41) is 2.93. The molecular weight excluding hydrogens is 358 g/mol. The van der Waals surface area contributed by atoms with Crippen LogP contribution in [0.4, 0.5) is 0 Å². The third kappa shape index (κ3) is 5.48. The van der Waals surface area contributed by atoms with E-state index in [0.717, 1.165) is 24.0 Å². The Hall–Kier alpha value is -1.22. The Morgan fingerprint density at radius 3 is 2.17 bits per heavy atom. The summed E-state index contributed by atoms with van der Waals surface area (Å²) in [7, 11) is 3.68. The molecule has 1 heterocycles. The van der Waals surface area contributed by atoms with Gasteiger partial charge in [-0.05, 0) is 62.7 Å². The monoisotopic (exact) mass is 407 g/mol. The molecule has 1 N–H and O–H groups in total. The van der Waals surface area contributed by atoms with Crippen LogP contribution in [0.15, 0.2) is 12.1 Å². The predicted molar refractivity (Wildman–Crippen MR) is 129 cm³/mol. The summed E-state index contributed by atoms with van der Waals surface area (Å²) in [5.41, 5.74) is 3.18. The van der Waals surface area contributed by atoms with Crippen molar-refractivity contribution in [3.63, 3.8) is 0 Å². The lowest BCUT2D eigenvalue weighted by Crippen LogP contribution is -2.51. The molecule has 4 atom stereocenters. The lowest BCUT2D eigenvalue weighted by atomic mass is 9.56. The molecule has 0 bridgehead atoms. The number of rotatable bonds is 2. The van der Waals surface area contributed by atoms with Gasteiger partial charge in [-0.1, -0.05) is 68.4 Å². The number of nitrogens with one attached hydrogen (secondary N) is 1. The highest BCUT2D eigenvalue weighted by molar-refractivity contribution is 5.59. The fourth-order valence-corrected chi connectivity index (χ4v) is 4.91. The summed E-state index contributed by atoms with van der Waals surface area (Å²) in [6.07, 6.45) is 5.53. The molecule has 4 rings (SSSR count). The summed E-state index contributed by atoms with van der Waals surface area (Å²) in [5.74, 6) is 3.40. The van der Waals surface area contributed by atoms with E-state index in [4.69, 9.17) is 9.47 Å². The van der Waals surface area contributed by atoms with E-state index in [2.05, 4.69) is 38.2 Å². The maximum Gasteiger partial charge on any atom is 0.165 e. The second-order valence-electron chi connectivity index (χ2n) is 7.45. The Kier molecular flexibility index (Phi) is 13.3. The summed E-state index contributed by atoms with van der Waals surface area (Å²) in [6.45, 7) is 19.9. The normalized spacial score (nSPS) is 26.9. The zero-order valence-electron chi connectivity index (χ0n) is 21.2. The molecule has 0 aromatic heterocycles. The highest BCUT2D eigenvalue weighted by Gasteiger charge is 2.57. The van der Waals surface area contributed by atoms with Gasteiger partial charge in [0.2, 0.25) is 0 Å². The Morgan fingerprint density at radius 1 is 1.07 bits per heavy atom. The van der Waals surface area contributed by atoms with Gasteiger partial charge in [-0.15, -0.1) is 0 Å². The van der Waals surface area contributed by atoms with Crippen molar-refractivity contribution in [3.8, 4) is 11.5 Å². The molecule has 1 aliphatic heterocycles. The van der Waals surface area contributed by atoms with Crippen LogP contribution in [0, 0.1) is 11.8 Å². The number of benzene rings is 1. The molecule has 0 radical (unpaired) electrons. The Bertz CT molecular complexity index is 570. The van der Waals surface area contributed by atoms with Crippen LogP contribution in [0.2, 0.25) is 0 Å². The van der Waals surface area contributed by atoms with Crippen LogP contribution in [-0.4, -0.2) is 26.8 Å². The van der Waals surface area contributed by atoms with Crippen molar-refractivity contribution in [2.24, 2.45) is 11.8 Å². The molecule has 2 aliphatic carbocycles. The van der Waals surface area contributed by atoms with Gasteiger partial charge in [-0.25, -0.2) is 0 Å². The van der Waals surface area contributed by atoms with Crippen molar-refractivity contribution < 1.29 is 9.47 Å². The third-order valence-corrected chi connectivity index (χ3v) is 6.25. The molecule has 170 valence electrons. The molecule has 1 aromatic rings. The van der Waals surface area contributed by atoms with Crippen LogP contribution in [0.1, 0.15) is 92.7 Å². The largest absolute Gasteiger partial charge is 0.493 e. The van der Waals surface area contributed by atoms with Crippen LogP contribution in [-0.2, 0) is 11.8 Å². The minimum Gasteiger partial charge on any atom is -0.493 e. The van der Waals surface area contributed by atoms with E-state index in [1.165, 1.54) is 36.8 Å². The van der Waals surface area contributed by atoms with Gasteiger partial charge in [0.25, 0.3) is 0 Å². The van der Waals surface area contributed by atoms with Crippen molar-refractivity contribution in [2.45, 2.75) is 99.5 Å². The van der Waals surface area contributed by atoms with Crippen molar-refractivity contribution in [1.82, 2.24) is 5.32 Å². The third-order valence-electron chi connectivity index (χ3n) is 6.25. The maximum atomic E-state index is 6.41. The molecule has 0 spiro atoms. The van der Waals surface area contributed by atoms with E-state index in [9.17, 15) is 0 Å². The first-order valence-electron chi connectivity index (χ1n) is 12.1. The fourth-order valence-electron chi connectivity index (χ4n) is 4.91. The van der Waals surface area contributed by atoms with Gasteiger partial charge in [0.05, 0.1) is 7.11 Å². The average molecular weight is 408 g/mol. The predicted octanol–water partition coefficient (Wildman–Crippen LogP) is 7.01. The summed E-state index contributed by atoms with van der Waals surface area (Å²) < 4.78 is 11.9. The van der Waals surface area contributed by atoms with Gasteiger partial charge >= 0.3 is 0 Å². The molecule has 1 fully saturated rings. The average Bonchev–Trinajstić information content (AvgIpc) is 3.13. The van der Waals surface area contributed by atoms with E-state index < -0.39 is 0 Å². The second kappa shape index (κ2) is 13.9. The Labute approximate surface area is 182 Å². The van der Waals surface area contributed by atoms with Crippen molar-refractivity contribution in [1.29, 1.82) is 0 Å². The number of ether oxygens (including phenoxy) is 2. The van der Waals surface area contributed by atoms with Gasteiger partial charge in [0.15, 0.2) is 11.5 Å². The molecule has 0 amide bonds. The molecule has 0 saturated heterocycles. The molecule has 3 nitrogen and oxygen atoms in total. The summed E-state index contributed by atoms with van der Waals surface area (Å²) >= 11 is 0. The van der Waals surface area contributed by atoms with Crippen molar-refractivity contribution in [2.75, 3.05) is 20.7 Å². The quantitative estimate of drug-likeness (QED) is 0.572. The first-order chi connectivity index (χ1) is 14.1. The molecule has 1 aromatic carbocycles. The first-order valence-corrected chi connectivity index (χ1v) is 12.1. The fraction of sp³-hybridized carbons (Fsp3) is 0.769. The number of aryl methyl sites for hydroxylation is 1. The lowest BCUT2D eigenvalue weighted by Gasteiger charge is -2.48. The van der Waals surface area contributed by atoms with E-state index in [-0.39, 0.29) is 5.41 Å². The second-order valence-corrected chi connectivity index (χ2v) is 7.45. The highest BCUT2D eigenvalue weighted by atomic mass is 16.5. The smallest absolute Gasteiger partial charge is 0.165 e. The molecule has 29 heavy (non-hydrogen) atoms. The van der Waals surface area contributed by atoms with E-state index in [1.807, 2.05) is 48.6 Å². The van der Waals surface area contributed by atoms with Crippen LogP contribution in [0.3, 0.4) is 0 Å². The minimum absolute atomic E-state index is 0.217. The topological polar surface area (TPSA) is 30.5 Å². The molecule has 3 aliphatic rings. The zero-order chi connectivity index (χ0) is 22.6. The zero-order valence-corrected chi connectivity index (χ0v) is 21.2. The molecule has 4 unspecified atom stereocenters. The van der Waals surface area contributed by atoms with Gasteiger partial charge in [-0.2, -0.15) is 0 Å². The van der Waals surface area contributed by atoms with Crippen LogP contribution >= 0.6 is 0 Å². The summed E-state index contributed by atoms with van der Waals surface area (Å²) in [4.78, 5) is 0. The number of hydrogen-bond donors (Lipinski definition) is 1. The molecule has 1 saturated carbocycles. The lowest BCUT2D eigenvalue weighted by molar-refractivity contribution is 0.0146. The highest BCUT2D eigenvalue weighted by Crippen LogP contribution is 2.61. The molecular formula is C26H49NO2. The first kappa shape index (κ1) is 27.8. The van der Waals surface area contributed by atoms with Crippen molar-refractivity contribution >= 4 is 0 Å². The SMILES string of the molecule is CC.CC.CC.CCNC.COc1ccc2c3c1OC1C(C)CCC(CC2)C31C. The van der Waals surface area contributed by atoms with Gasteiger partial charge < -0.3 is 14.8 Å². The number of methoxy groups -OCH3 is 1. The van der Waals surface area contributed by atoms with Gasteiger partial charge in [0.1, 0.15) is 6.10 Å². The van der Waals surface area contributed by atoms with E-state index >= 15 is 0 Å². The van der Waals surface area contributed by atoms with E-state index in [0.29, 0.717) is 12.0 Å². The summed E-state index contributed by atoms with van der Waals surface area (Å²) in [6, 6.07) is 4.34. The minimum atomic E-state index is 0.217. The van der Waals surface area contributed by atoms with Crippen LogP contribution in [0.25, 0.3) is 0 Å². The Balaban J connectivity index is 0.000000681. The van der Waals surface area contributed by atoms with Gasteiger partial charge in [-0.3, -0.25) is 0 Å². The standard InChI is InChI=1S/C17H22O2.C3H9N.3C2H6/c1-10-4-7-12-8-5-11-6-9-13(18-3)15-14(11)17(12,2)16(10)19-15;1-3-4-2;3*1-2/h6,9-10,12,16H,4-5,7-8H2,1-3H3;4H,3H2,1-2H3;3*1-2H3. The molecule has 3 heteroatoms. The van der Waals surface area contributed by atoms with Gasteiger partial charge in [0, 0.05) is 11.0 Å². The van der Waals surface area contributed by atoms with Crippen molar-refractivity contribution in [3.05, 3.63) is 23.3 Å². The van der Waals surface area contributed by atoms with Crippen LogP contribution in [0.5, 0.6) is 11.5 Å². The number of hydrogen-bond acceptors (Lipinski definition) is 3. The Morgan fingerprint density at radius 2 is 1.66 bits per heavy atom. The van der Waals surface area contributed by atoms with Crippen LogP contribution < -0.4 is 14.8 Å². The van der Waals surface area contributed by atoms with E-state index in [1.54, 1.807) is 7.11 Å².